The molecule has 1 aromatic rings. The molecule has 1 aliphatic rings. The number of carbonyl (C=O) groups is 1. The zero-order valence-corrected chi connectivity index (χ0v) is 8.19. The summed E-state index contributed by atoms with van der Waals surface area (Å²) in [4.78, 5) is 10.3. The average Bonchev–Trinajstić information content (AvgIpc) is 2.26. The van der Waals surface area contributed by atoms with E-state index in [9.17, 15) is 9.90 Å². The Morgan fingerprint density at radius 3 is 2.73 bits per heavy atom. The Bertz CT molecular complexity index is 373. The van der Waals surface area contributed by atoms with Crippen molar-refractivity contribution >= 4 is 5.97 Å². The molecule has 0 atom stereocenters. The highest BCUT2D eigenvalue weighted by atomic mass is 16.6. The van der Waals surface area contributed by atoms with Crippen molar-refractivity contribution in [2.75, 3.05) is 13.2 Å². The molecule has 0 saturated heterocycles. The van der Waals surface area contributed by atoms with Gasteiger partial charge in [-0.2, -0.15) is 0 Å². The Kier molecular flexibility index (Phi) is 2.76. The van der Waals surface area contributed by atoms with Crippen LogP contribution in [0.1, 0.15) is 12.0 Å². The SMILES string of the molecule is O=C([O-])CCc1ccc2c(c1)OCCO2. The van der Waals surface area contributed by atoms with Crippen molar-refractivity contribution in [3.05, 3.63) is 23.8 Å². The highest BCUT2D eigenvalue weighted by molar-refractivity contribution is 5.64. The van der Waals surface area contributed by atoms with E-state index < -0.39 is 5.97 Å². The van der Waals surface area contributed by atoms with Gasteiger partial charge in [0.05, 0.1) is 0 Å². The van der Waals surface area contributed by atoms with Crippen LogP contribution >= 0.6 is 0 Å². The third kappa shape index (κ3) is 2.40. The maximum atomic E-state index is 10.3. The molecule has 80 valence electrons. The Labute approximate surface area is 87.4 Å². The second-order valence-corrected chi connectivity index (χ2v) is 3.35. The lowest BCUT2D eigenvalue weighted by atomic mass is 10.1. The first-order chi connectivity index (χ1) is 7.25. The van der Waals surface area contributed by atoms with Crippen LogP contribution in [0, 0.1) is 0 Å². The van der Waals surface area contributed by atoms with Gasteiger partial charge < -0.3 is 19.4 Å². The number of carbonyl (C=O) groups excluding carboxylic acids is 1. The number of fused-ring (bicyclic) bond motifs is 1. The number of hydrogen-bond acceptors (Lipinski definition) is 4. The number of carboxylic acids is 1. The molecule has 0 aromatic heterocycles. The number of rotatable bonds is 3. The molecule has 1 heterocycles. The highest BCUT2D eigenvalue weighted by Crippen LogP contribution is 2.30. The minimum Gasteiger partial charge on any atom is -0.550 e. The molecule has 0 radical (unpaired) electrons. The van der Waals surface area contributed by atoms with E-state index in [1.54, 1.807) is 6.07 Å². The van der Waals surface area contributed by atoms with E-state index in [1.165, 1.54) is 0 Å². The summed E-state index contributed by atoms with van der Waals surface area (Å²) in [6.07, 6.45) is 0.485. The van der Waals surface area contributed by atoms with Crippen molar-refractivity contribution in [2.45, 2.75) is 12.8 Å². The van der Waals surface area contributed by atoms with Crippen LogP contribution in [0.5, 0.6) is 11.5 Å². The predicted molar refractivity (Wildman–Crippen MR) is 50.8 cm³/mol. The average molecular weight is 207 g/mol. The van der Waals surface area contributed by atoms with Crippen LogP contribution in [0.4, 0.5) is 0 Å². The normalized spacial score (nSPS) is 13.6. The Morgan fingerprint density at radius 2 is 2.00 bits per heavy atom. The number of carboxylic acid groups (broad SMARTS) is 1. The number of ether oxygens (including phenoxy) is 2. The van der Waals surface area contributed by atoms with Crippen molar-refractivity contribution in [1.29, 1.82) is 0 Å². The van der Waals surface area contributed by atoms with Gasteiger partial charge in [-0.3, -0.25) is 0 Å². The third-order valence-corrected chi connectivity index (χ3v) is 2.22. The van der Waals surface area contributed by atoms with E-state index in [-0.39, 0.29) is 6.42 Å². The third-order valence-electron chi connectivity index (χ3n) is 2.22. The van der Waals surface area contributed by atoms with Crippen molar-refractivity contribution in [3.63, 3.8) is 0 Å². The molecular weight excluding hydrogens is 196 g/mol. The molecule has 0 spiro atoms. The van der Waals surface area contributed by atoms with E-state index in [0.717, 1.165) is 11.3 Å². The monoisotopic (exact) mass is 207 g/mol. The Hall–Kier alpha value is -1.71. The molecule has 0 N–H and O–H groups in total. The molecule has 0 fully saturated rings. The summed E-state index contributed by atoms with van der Waals surface area (Å²) in [6.45, 7) is 1.10. The molecule has 15 heavy (non-hydrogen) atoms. The fourth-order valence-electron chi connectivity index (χ4n) is 1.49. The van der Waals surface area contributed by atoms with Crippen LogP contribution in [0.25, 0.3) is 0 Å². The minimum atomic E-state index is -1.04. The lowest BCUT2D eigenvalue weighted by molar-refractivity contribution is -0.305. The van der Waals surface area contributed by atoms with E-state index in [4.69, 9.17) is 9.47 Å². The van der Waals surface area contributed by atoms with Crippen molar-refractivity contribution in [1.82, 2.24) is 0 Å². The van der Waals surface area contributed by atoms with Gasteiger partial charge in [0, 0.05) is 5.97 Å². The first-order valence-electron chi connectivity index (χ1n) is 4.84. The van der Waals surface area contributed by atoms with Crippen LogP contribution < -0.4 is 14.6 Å². The first-order valence-corrected chi connectivity index (χ1v) is 4.84. The number of benzene rings is 1. The molecule has 4 nitrogen and oxygen atoms in total. The zero-order chi connectivity index (χ0) is 10.7. The molecule has 1 aromatic carbocycles. The predicted octanol–water partition coefficient (Wildman–Crippen LogP) is 0.140. The number of aryl methyl sites for hydroxylation is 1. The Balaban J connectivity index is 2.10. The van der Waals surface area contributed by atoms with Gasteiger partial charge in [0.25, 0.3) is 0 Å². The molecule has 4 heteroatoms. The molecule has 0 saturated carbocycles. The maximum Gasteiger partial charge on any atom is 0.161 e. The number of aliphatic carboxylic acids is 1. The quantitative estimate of drug-likeness (QED) is 0.707. The van der Waals surface area contributed by atoms with E-state index >= 15 is 0 Å². The summed E-state index contributed by atoms with van der Waals surface area (Å²) in [6, 6.07) is 5.47. The van der Waals surface area contributed by atoms with Crippen LogP contribution in [0.2, 0.25) is 0 Å². The standard InChI is InChI=1S/C11H12O4/c12-11(13)4-2-8-1-3-9-10(7-8)15-6-5-14-9/h1,3,7H,2,4-6H2,(H,12,13)/p-1. The molecule has 1 aliphatic heterocycles. The fourth-order valence-corrected chi connectivity index (χ4v) is 1.49. The summed E-state index contributed by atoms with van der Waals surface area (Å²) in [5.74, 6) is 0.375. The summed E-state index contributed by atoms with van der Waals surface area (Å²) in [5, 5.41) is 10.3. The molecular formula is C11H11O4-. The largest absolute Gasteiger partial charge is 0.550 e. The second kappa shape index (κ2) is 4.21. The minimum absolute atomic E-state index is 0.0274. The molecule has 2 rings (SSSR count). The van der Waals surface area contributed by atoms with Crippen LogP contribution in [-0.2, 0) is 11.2 Å². The zero-order valence-electron chi connectivity index (χ0n) is 8.19. The van der Waals surface area contributed by atoms with Gasteiger partial charge in [-0.05, 0) is 30.5 Å². The van der Waals surface area contributed by atoms with Crippen molar-refractivity contribution in [3.8, 4) is 11.5 Å². The van der Waals surface area contributed by atoms with Crippen molar-refractivity contribution < 1.29 is 19.4 Å². The lowest BCUT2D eigenvalue weighted by Gasteiger charge is -2.18. The van der Waals surface area contributed by atoms with Gasteiger partial charge in [-0.15, -0.1) is 0 Å². The molecule has 0 amide bonds. The smallest absolute Gasteiger partial charge is 0.161 e. The fraction of sp³-hybridized carbons (Fsp3) is 0.364. The van der Waals surface area contributed by atoms with Gasteiger partial charge in [-0.25, -0.2) is 0 Å². The second-order valence-electron chi connectivity index (χ2n) is 3.35. The molecule has 0 bridgehead atoms. The van der Waals surface area contributed by atoms with E-state index in [2.05, 4.69) is 0 Å². The lowest BCUT2D eigenvalue weighted by Crippen LogP contribution is -2.22. The number of hydrogen-bond donors (Lipinski definition) is 0. The van der Waals surface area contributed by atoms with Crippen LogP contribution in [-0.4, -0.2) is 19.2 Å². The van der Waals surface area contributed by atoms with Gasteiger partial charge in [0.1, 0.15) is 13.2 Å². The molecule has 0 unspecified atom stereocenters. The summed E-state index contributed by atoms with van der Waals surface area (Å²) in [7, 11) is 0. The maximum absolute atomic E-state index is 10.3. The van der Waals surface area contributed by atoms with Crippen LogP contribution in [0.3, 0.4) is 0 Å². The van der Waals surface area contributed by atoms with E-state index in [1.807, 2.05) is 12.1 Å². The topological polar surface area (TPSA) is 58.6 Å². The first kappa shape index (κ1) is 9.83. The van der Waals surface area contributed by atoms with Gasteiger partial charge >= 0.3 is 0 Å². The molecule has 0 aliphatic carbocycles. The van der Waals surface area contributed by atoms with Gasteiger partial charge in [0.2, 0.25) is 0 Å². The van der Waals surface area contributed by atoms with Gasteiger partial charge in [-0.1, -0.05) is 6.07 Å². The summed E-state index contributed by atoms with van der Waals surface area (Å²) < 4.78 is 10.7. The summed E-state index contributed by atoms with van der Waals surface area (Å²) >= 11 is 0. The van der Waals surface area contributed by atoms with Gasteiger partial charge in [0.15, 0.2) is 11.5 Å². The van der Waals surface area contributed by atoms with Crippen LogP contribution in [0.15, 0.2) is 18.2 Å². The summed E-state index contributed by atoms with van der Waals surface area (Å²) in [5.41, 5.74) is 0.920. The Morgan fingerprint density at radius 1 is 1.27 bits per heavy atom. The highest BCUT2D eigenvalue weighted by Gasteiger charge is 2.11. The van der Waals surface area contributed by atoms with E-state index in [0.29, 0.717) is 25.4 Å². The van der Waals surface area contributed by atoms with Crippen molar-refractivity contribution in [2.24, 2.45) is 0 Å².